The molecule has 1 aliphatic rings. The molecule has 0 fully saturated rings. The van der Waals surface area contributed by atoms with Gasteiger partial charge in [0, 0.05) is 26.6 Å². The maximum Gasteiger partial charge on any atom is 0.407 e. The van der Waals surface area contributed by atoms with Crippen LogP contribution in [-0.4, -0.2) is 51.2 Å². The predicted octanol–water partition coefficient (Wildman–Crippen LogP) is 4.07. The maximum absolute atomic E-state index is 13.1. The molecule has 0 radical (unpaired) electrons. The highest BCUT2D eigenvalue weighted by atomic mass is 16.7. The number of fused-ring (bicyclic) bond motifs is 3. The van der Waals surface area contributed by atoms with Gasteiger partial charge in [-0.1, -0.05) is 62.4 Å². The van der Waals surface area contributed by atoms with Gasteiger partial charge in [0.1, 0.15) is 12.6 Å². The summed E-state index contributed by atoms with van der Waals surface area (Å²) < 4.78 is 16.2. The van der Waals surface area contributed by atoms with Gasteiger partial charge in [0.15, 0.2) is 6.29 Å². The summed E-state index contributed by atoms with van der Waals surface area (Å²) in [5.74, 6) is 2.25. The zero-order chi connectivity index (χ0) is 25.4. The molecule has 2 amide bonds. The van der Waals surface area contributed by atoms with Gasteiger partial charge in [0.25, 0.3) is 0 Å². The van der Waals surface area contributed by atoms with Crippen LogP contribution in [0.1, 0.15) is 43.7 Å². The first-order valence-corrected chi connectivity index (χ1v) is 11.8. The minimum Gasteiger partial charge on any atom is -0.449 e. The third-order valence-corrected chi connectivity index (χ3v) is 6.12. The van der Waals surface area contributed by atoms with Crippen LogP contribution in [0.25, 0.3) is 11.1 Å². The van der Waals surface area contributed by atoms with E-state index in [2.05, 4.69) is 40.8 Å². The van der Waals surface area contributed by atoms with Gasteiger partial charge in [0.05, 0.1) is 6.04 Å². The summed E-state index contributed by atoms with van der Waals surface area (Å²) in [6.07, 6.45) is 4.76. The Hall–Kier alpha value is -3.34. The Balaban J connectivity index is 1.67. The number of hydrogen-bond acceptors (Lipinski definition) is 5. The van der Waals surface area contributed by atoms with Gasteiger partial charge in [-0.15, -0.1) is 12.3 Å². The van der Waals surface area contributed by atoms with E-state index in [-0.39, 0.29) is 30.8 Å². The average molecular weight is 479 g/mol. The molecule has 2 atom stereocenters. The van der Waals surface area contributed by atoms with E-state index in [9.17, 15) is 9.59 Å². The van der Waals surface area contributed by atoms with E-state index < -0.39 is 24.5 Å². The summed E-state index contributed by atoms with van der Waals surface area (Å²) in [7, 11) is 2.95. The van der Waals surface area contributed by atoms with Crippen LogP contribution in [0.3, 0.4) is 0 Å². The van der Waals surface area contributed by atoms with Crippen molar-refractivity contribution in [3.8, 4) is 23.5 Å². The topological polar surface area (TPSA) is 85.9 Å². The third-order valence-electron chi connectivity index (χ3n) is 6.12. The smallest absolute Gasteiger partial charge is 0.407 e. The largest absolute Gasteiger partial charge is 0.449 e. The number of rotatable bonds is 11. The minimum atomic E-state index is -0.791. The van der Waals surface area contributed by atoms with Crippen LogP contribution < -0.4 is 10.6 Å². The Kier molecular flexibility index (Phi) is 9.30. The van der Waals surface area contributed by atoms with Gasteiger partial charge in [-0.05, 0) is 34.6 Å². The molecule has 0 saturated carbocycles. The third kappa shape index (κ3) is 6.41. The Bertz CT molecular complexity index is 1010. The lowest BCUT2D eigenvalue weighted by Gasteiger charge is -2.27. The number of methoxy groups -OCH3 is 2. The minimum absolute atomic E-state index is 0.0605. The van der Waals surface area contributed by atoms with Gasteiger partial charge >= 0.3 is 6.09 Å². The van der Waals surface area contributed by atoms with Gasteiger partial charge in [-0.3, -0.25) is 4.79 Å². The van der Waals surface area contributed by atoms with Crippen molar-refractivity contribution in [2.45, 2.75) is 51.0 Å². The van der Waals surface area contributed by atoms with Gasteiger partial charge in [0.2, 0.25) is 5.91 Å². The van der Waals surface area contributed by atoms with Crippen molar-refractivity contribution in [3.63, 3.8) is 0 Å². The summed E-state index contributed by atoms with van der Waals surface area (Å²) in [6.45, 7) is 4.13. The summed E-state index contributed by atoms with van der Waals surface area (Å²) in [6, 6.07) is 14.9. The Labute approximate surface area is 207 Å². The number of benzene rings is 2. The highest BCUT2D eigenvalue weighted by Gasteiger charge is 2.31. The predicted molar refractivity (Wildman–Crippen MR) is 135 cm³/mol. The molecule has 0 aliphatic heterocycles. The Morgan fingerprint density at radius 2 is 1.54 bits per heavy atom. The van der Waals surface area contributed by atoms with E-state index >= 15 is 0 Å². The summed E-state index contributed by atoms with van der Waals surface area (Å²) >= 11 is 0. The fraction of sp³-hybridized carbons (Fsp3) is 0.429. The molecule has 186 valence electrons. The van der Waals surface area contributed by atoms with Crippen LogP contribution >= 0.6 is 0 Å². The van der Waals surface area contributed by atoms with Gasteiger partial charge < -0.3 is 24.8 Å². The molecule has 2 aromatic carbocycles. The van der Waals surface area contributed by atoms with Crippen LogP contribution in [0, 0.1) is 18.3 Å². The molecule has 7 nitrogen and oxygen atoms in total. The highest BCUT2D eigenvalue weighted by molar-refractivity contribution is 5.86. The monoisotopic (exact) mass is 478 g/mol. The quantitative estimate of drug-likeness (QED) is 0.376. The molecule has 1 unspecified atom stereocenters. The second-order valence-electron chi connectivity index (χ2n) is 9.02. The zero-order valence-electron chi connectivity index (χ0n) is 20.7. The summed E-state index contributed by atoms with van der Waals surface area (Å²) in [5, 5.41) is 5.59. The molecule has 1 aliphatic carbocycles. The van der Waals surface area contributed by atoms with Crippen LogP contribution in [-0.2, 0) is 19.0 Å². The Morgan fingerprint density at radius 1 is 0.971 bits per heavy atom. The van der Waals surface area contributed by atoms with Crippen molar-refractivity contribution < 1.29 is 23.8 Å². The van der Waals surface area contributed by atoms with Crippen molar-refractivity contribution in [1.82, 2.24) is 10.6 Å². The number of ether oxygens (including phenoxy) is 3. The maximum atomic E-state index is 13.1. The molecule has 0 aromatic heterocycles. The number of amides is 2. The number of carbonyl (C=O) groups excluding carboxylic acids is 2. The standard InChI is InChI=1S/C28H34N2O5/c1-6-11-24(27(33-4)34-5)29-26(31)25(16-18(2)3)30-28(32)35-17-23-21-14-9-7-12-19(21)20-13-8-10-15-22(20)23/h1,7-10,12-15,18,23-25,27H,11,16-17H2,2-5H3,(H,29,31)(H,30,32)/t24?,25-/m0/s1. The number of nitrogens with one attached hydrogen (secondary N) is 2. The molecule has 0 bridgehead atoms. The molecule has 7 heteroatoms. The molecule has 2 N–H and O–H groups in total. The lowest BCUT2D eigenvalue weighted by molar-refractivity contribution is -0.138. The molecule has 35 heavy (non-hydrogen) atoms. The van der Waals surface area contributed by atoms with Crippen LogP contribution in [0.15, 0.2) is 48.5 Å². The first-order valence-electron chi connectivity index (χ1n) is 11.8. The van der Waals surface area contributed by atoms with Crippen molar-refractivity contribution in [3.05, 3.63) is 59.7 Å². The molecule has 0 saturated heterocycles. The lowest BCUT2D eigenvalue weighted by Crippen LogP contribution is -2.53. The molecule has 0 heterocycles. The normalized spacial score (nSPS) is 14.1. The lowest BCUT2D eigenvalue weighted by atomic mass is 9.98. The van der Waals surface area contributed by atoms with Crippen LogP contribution in [0.2, 0.25) is 0 Å². The highest BCUT2D eigenvalue weighted by Crippen LogP contribution is 2.44. The Morgan fingerprint density at radius 3 is 2.06 bits per heavy atom. The van der Waals surface area contributed by atoms with Gasteiger partial charge in [-0.25, -0.2) is 4.79 Å². The van der Waals surface area contributed by atoms with E-state index in [0.717, 1.165) is 22.3 Å². The molecular formula is C28H34N2O5. The number of hydrogen-bond donors (Lipinski definition) is 2. The van der Waals surface area contributed by atoms with E-state index in [4.69, 9.17) is 20.6 Å². The van der Waals surface area contributed by atoms with E-state index in [0.29, 0.717) is 6.42 Å². The first-order chi connectivity index (χ1) is 16.9. The van der Waals surface area contributed by atoms with Crippen LogP contribution in [0.4, 0.5) is 4.79 Å². The molecule has 3 rings (SSSR count). The number of alkyl carbamates (subject to hydrolysis) is 1. The molecular weight excluding hydrogens is 444 g/mol. The van der Waals surface area contributed by atoms with Crippen molar-refractivity contribution in [2.75, 3.05) is 20.8 Å². The fourth-order valence-corrected chi connectivity index (χ4v) is 4.54. The second-order valence-corrected chi connectivity index (χ2v) is 9.02. The van der Waals surface area contributed by atoms with Crippen LogP contribution in [0.5, 0.6) is 0 Å². The van der Waals surface area contributed by atoms with Crippen molar-refractivity contribution in [2.24, 2.45) is 5.92 Å². The first kappa shape index (κ1) is 26.3. The molecule has 2 aromatic rings. The van der Waals surface area contributed by atoms with Crippen molar-refractivity contribution >= 4 is 12.0 Å². The average Bonchev–Trinajstić information content (AvgIpc) is 3.16. The second kappa shape index (κ2) is 12.4. The number of carbonyl (C=O) groups is 2. The van der Waals surface area contributed by atoms with Gasteiger partial charge in [-0.2, -0.15) is 0 Å². The summed E-state index contributed by atoms with van der Waals surface area (Å²) in [4.78, 5) is 25.8. The number of terminal acetylenes is 1. The zero-order valence-corrected chi connectivity index (χ0v) is 20.7. The van der Waals surface area contributed by atoms with Crippen molar-refractivity contribution in [1.29, 1.82) is 0 Å². The van der Waals surface area contributed by atoms with E-state index in [1.165, 1.54) is 14.2 Å². The van der Waals surface area contributed by atoms with E-state index in [1.807, 2.05) is 38.1 Å². The van der Waals surface area contributed by atoms with E-state index in [1.54, 1.807) is 0 Å². The SMILES string of the molecule is C#CCC(NC(=O)[C@H](CC(C)C)NC(=O)OCC1c2ccccc2-c2ccccc21)C(OC)OC. The summed E-state index contributed by atoms with van der Waals surface area (Å²) in [5.41, 5.74) is 4.56. The fourth-order valence-electron chi connectivity index (χ4n) is 4.54. The molecule has 0 spiro atoms.